The molecule has 1 aromatic carbocycles. The number of isocyanates is 1. The monoisotopic (exact) mass is 179 g/mol. The minimum atomic E-state index is 0.428. The van der Waals surface area contributed by atoms with E-state index >= 15 is 0 Å². The van der Waals surface area contributed by atoms with Gasteiger partial charge in [0.2, 0.25) is 6.08 Å². The first-order chi connectivity index (χ1) is 5.86. The molecule has 0 saturated heterocycles. The second-order valence-electron chi connectivity index (χ2n) is 2.26. The van der Waals surface area contributed by atoms with Crippen LogP contribution >= 0.6 is 11.8 Å². The quantitative estimate of drug-likeness (QED) is 0.404. The lowest BCUT2D eigenvalue weighted by molar-refractivity contribution is 0.563. The van der Waals surface area contributed by atoms with Crippen LogP contribution in [0.4, 0.5) is 0 Å². The molecule has 3 heteroatoms. The summed E-state index contributed by atoms with van der Waals surface area (Å²) in [6.07, 6.45) is 3.54. The molecule has 62 valence electrons. The first-order valence-electron chi connectivity index (χ1n) is 3.53. The number of hydrogen-bond donors (Lipinski definition) is 0. The van der Waals surface area contributed by atoms with Gasteiger partial charge >= 0.3 is 0 Å². The van der Waals surface area contributed by atoms with E-state index in [4.69, 9.17) is 0 Å². The number of benzene rings is 1. The zero-order valence-electron chi connectivity index (χ0n) is 6.78. The van der Waals surface area contributed by atoms with Gasteiger partial charge in [0.1, 0.15) is 0 Å². The SMILES string of the molecule is CSc1cccc(CN=C=O)c1. The van der Waals surface area contributed by atoms with E-state index in [2.05, 4.69) is 4.99 Å². The number of rotatable bonds is 3. The smallest absolute Gasteiger partial charge is 0.211 e. The summed E-state index contributed by atoms with van der Waals surface area (Å²) in [6.45, 7) is 0.428. The molecule has 12 heavy (non-hydrogen) atoms. The summed E-state index contributed by atoms with van der Waals surface area (Å²) in [4.78, 5) is 14.5. The predicted molar refractivity (Wildman–Crippen MR) is 50.0 cm³/mol. The van der Waals surface area contributed by atoms with E-state index in [0.717, 1.165) is 5.56 Å². The largest absolute Gasteiger partial charge is 0.235 e. The molecule has 1 rings (SSSR count). The van der Waals surface area contributed by atoms with Crippen molar-refractivity contribution in [3.05, 3.63) is 29.8 Å². The highest BCUT2D eigenvalue weighted by molar-refractivity contribution is 7.98. The van der Waals surface area contributed by atoms with Crippen molar-refractivity contribution in [3.63, 3.8) is 0 Å². The summed E-state index contributed by atoms with van der Waals surface area (Å²) in [7, 11) is 0. The van der Waals surface area contributed by atoms with E-state index in [9.17, 15) is 4.79 Å². The first kappa shape index (κ1) is 9.04. The molecule has 0 spiro atoms. The van der Waals surface area contributed by atoms with Crippen molar-refractivity contribution in [1.29, 1.82) is 0 Å². The van der Waals surface area contributed by atoms with Gasteiger partial charge < -0.3 is 0 Å². The fourth-order valence-corrected chi connectivity index (χ4v) is 1.38. The summed E-state index contributed by atoms with van der Waals surface area (Å²) < 4.78 is 0. The van der Waals surface area contributed by atoms with Crippen LogP contribution in [0.2, 0.25) is 0 Å². The molecule has 0 unspecified atom stereocenters. The molecule has 0 aromatic heterocycles. The Labute approximate surface area is 75.7 Å². The number of thioether (sulfide) groups is 1. The second-order valence-corrected chi connectivity index (χ2v) is 3.14. The fraction of sp³-hybridized carbons (Fsp3) is 0.222. The lowest BCUT2D eigenvalue weighted by Gasteiger charge is -1.97. The van der Waals surface area contributed by atoms with Crippen molar-refractivity contribution in [2.24, 2.45) is 4.99 Å². The van der Waals surface area contributed by atoms with Crippen LogP contribution in [0.15, 0.2) is 34.2 Å². The third-order valence-electron chi connectivity index (χ3n) is 1.46. The molecule has 0 fully saturated rings. The van der Waals surface area contributed by atoms with Crippen LogP contribution in [0.3, 0.4) is 0 Å². The van der Waals surface area contributed by atoms with Gasteiger partial charge in [-0.1, -0.05) is 12.1 Å². The molecule has 0 N–H and O–H groups in total. The third-order valence-corrected chi connectivity index (χ3v) is 2.19. The van der Waals surface area contributed by atoms with Crippen molar-refractivity contribution < 1.29 is 4.79 Å². The normalized spacial score (nSPS) is 9.08. The number of hydrogen-bond acceptors (Lipinski definition) is 3. The van der Waals surface area contributed by atoms with Gasteiger partial charge in [-0.3, -0.25) is 0 Å². The number of aliphatic imine (C=N–C) groups is 1. The van der Waals surface area contributed by atoms with E-state index in [1.54, 1.807) is 11.8 Å². The van der Waals surface area contributed by atoms with Gasteiger partial charge in [-0.25, -0.2) is 9.79 Å². The molecular formula is C9H9NOS. The molecule has 0 amide bonds. The fourth-order valence-electron chi connectivity index (χ4n) is 0.894. The maximum atomic E-state index is 9.84. The van der Waals surface area contributed by atoms with Crippen molar-refractivity contribution in [3.8, 4) is 0 Å². The van der Waals surface area contributed by atoms with Gasteiger partial charge in [-0.2, -0.15) is 0 Å². The van der Waals surface area contributed by atoms with E-state index < -0.39 is 0 Å². The lowest BCUT2D eigenvalue weighted by Crippen LogP contribution is -1.80. The Morgan fingerprint density at radius 1 is 1.58 bits per heavy atom. The molecule has 0 bridgehead atoms. The van der Waals surface area contributed by atoms with Gasteiger partial charge in [0.15, 0.2) is 0 Å². The van der Waals surface area contributed by atoms with Crippen LogP contribution < -0.4 is 0 Å². The highest BCUT2D eigenvalue weighted by atomic mass is 32.2. The summed E-state index contributed by atoms with van der Waals surface area (Å²) in [5.74, 6) is 0. The Bertz CT molecular complexity index is 305. The Hall–Kier alpha value is -1.05. The van der Waals surface area contributed by atoms with E-state index in [0.29, 0.717) is 6.54 Å². The predicted octanol–water partition coefficient (Wildman–Crippen LogP) is 2.24. The maximum Gasteiger partial charge on any atom is 0.235 e. The minimum absolute atomic E-state index is 0.428. The summed E-state index contributed by atoms with van der Waals surface area (Å²) in [6, 6.07) is 7.95. The Morgan fingerprint density at radius 3 is 3.08 bits per heavy atom. The average Bonchev–Trinajstić information content (AvgIpc) is 2.15. The molecule has 0 aliphatic heterocycles. The van der Waals surface area contributed by atoms with Gasteiger partial charge in [-0.15, -0.1) is 11.8 Å². The molecule has 0 aliphatic carbocycles. The van der Waals surface area contributed by atoms with Crippen LogP contribution in [0, 0.1) is 0 Å². The standard InChI is InChI=1S/C9H9NOS/c1-12-9-4-2-3-8(5-9)6-10-7-11/h2-5H,6H2,1H3. The summed E-state index contributed by atoms with van der Waals surface area (Å²) >= 11 is 1.68. The highest BCUT2D eigenvalue weighted by Crippen LogP contribution is 2.15. The van der Waals surface area contributed by atoms with E-state index in [-0.39, 0.29) is 0 Å². The Balaban J connectivity index is 2.78. The summed E-state index contributed by atoms with van der Waals surface area (Å²) in [5.41, 5.74) is 1.05. The van der Waals surface area contributed by atoms with Crippen LogP contribution in [0.5, 0.6) is 0 Å². The molecule has 0 saturated carbocycles. The molecule has 0 aliphatic rings. The molecular weight excluding hydrogens is 170 g/mol. The van der Waals surface area contributed by atoms with Crippen molar-refractivity contribution >= 4 is 17.8 Å². The van der Waals surface area contributed by atoms with Crippen LogP contribution in [-0.2, 0) is 11.3 Å². The third kappa shape index (κ3) is 2.53. The minimum Gasteiger partial charge on any atom is -0.211 e. The molecule has 0 radical (unpaired) electrons. The summed E-state index contributed by atoms with van der Waals surface area (Å²) in [5, 5.41) is 0. The van der Waals surface area contributed by atoms with Crippen LogP contribution in [0.1, 0.15) is 5.56 Å². The lowest BCUT2D eigenvalue weighted by atomic mass is 10.2. The second kappa shape index (κ2) is 4.75. The van der Waals surface area contributed by atoms with Crippen LogP contribution in [0.25, 0.3) is 0 Å². The molecule has 1 aromatic rings. The average molecular weight is 179 g/mol. The van der Waals surface area contributed by atoms with Crippen LogP contribution in [-0.4, -0.2) is 12.3 Å². The van der Waals surface area contributed by atoms with Gasteiger partial charge in [0.05, 0.1) is 6.54 Å². The zero-order valence-corrected chi connectivity index (χ0v) is 7.60. The van der Waals surface area contributed by atoms with E-state index in [1.807, 2.05) is 30.5 Å². The molecule has 0 atom stereocenters. The first-order valence-corrected chi connectivity index (χ1v) is 4.76. The van der Waals surface area contributed by atoms with Gasteiger partial charge in [0, 0.05) is 4.90 Å². The Morgan fingerprint density at radius 2 is 2.42 bits per heavy atom. The molecule has 0 heterocycles. The van der Waals surface area contributed by atoms with E-state index in [1.165, 1.54) is 11.0 Å². The molecule has 2 nitrogen and oxygen atoms in total. The maximum absolute atomic E-state index is 9.84. The van der Waals surface area contributed by atoms with Crippen molar-refractivity contribution in [2.45, 2.75) is 11.4 Å². The topological polar surface area (TPSA) is 29.4 Å². The highest BCUT2D eigenvalue weighted by Gasteiger charge is 1.92. The zero-order chi connectivity index (χ0) is 8.81. The van der Waals surface area contributed by atoms with Crippen molar-refractivity contribution in [1.82, 2.24) is 0 Å². The van der Waals surface area contributed by atoms with Gasteiger partial charge in [-0.05, 0) is 24.0 Å². The van der Waals surface area contributed by atoms with Crippen molar-refractivity contribution in [2.75, 3.05) is 6.26 Å². The van der Waals surface area contributed by atoms with Gasteiger partial charge in [0.25, 0.3) is 0 Å². The Kier molecular flexibility index (Phi) is 3.58. The number of carbonyl (C=O) groups excluding carboxylic acids is 1. The number of nitrogens with zero attached hydrogens (tertiary/aromatic N) is 1.